The molecule has 0 fully saturated rings. The molecule has 0 saturated heterocycles. The van der Waals surface area contributed by atoms with Gasteiger partial charge in [0.05, 0.1) is 27.8 Å². The van der Waals surface area contributed by atoms with Gasteiger partial charge in [-0.3, -0.25) is 0 Å². The number of fused-ring (bicyclic) bond motifs is 9. The van der Waals surface area contributed by atoms with Gasteiger partial charge in [-0.1, -0.05) is 188 Å². The van der Waals surface area contributed by atoms with E-state index in [1.165, 1.54) is 27.2 Å². The van der Waals surface area contributed by atoms with Gasteiger partial charge in [0.25, 0.3) is 0 Å². The zero-order valence-corrected chi connectivity index (χ0v) is 40.5. The predicted molar refractivity (Wildman–Crippen MR) is 308 cm³/mol. The van der Waals surface area contributed by atoms with E-state index in [0.717, 1.165) is 99.8 Å². The third-order valence-corrected chi connectivity index (χ3v) is 14.8. The number of rotatable bonds is 8. The molecule has 6 nitrogen and oxygen atoms in total. The summed E-state index contributed by atoms with van der Waals surface area (Å²) in [6.07, 6.45) is 0. The molecule has 4 aromatic heterocycles. The second-order valence-electron chi connectivity index (χ2n) is 19.1. The predicted octanol–water partition coefficient (Wildman–Crippen LogP) is 18.0. The first-order chi connectivity index (χ1) is 37.2. The van der Waals surface area contributed by atoms with Crippen LogP contribution >= 0.6 is 0 Å². The average Bonchev–Trinajstić information content (AvgIpc) is 4.22. The Balaban J connectivity index is 0.986. The zero-order valence-electron chi connectivity index (χ0n) is 40.5. The number of nitrogens with zero attached hydrogens (tertiary/aromatic N) is 5. The summed E-state index contributed by atoms with van der Waals surface area (Å²) in [5, 5.41) is 6.85. The summed E-state index contributed by atoms with van der Waals surface area (Å²) >= 11 is 0. The first kappa shape index (κ1) is 42.5. The Bertz CT molecular complexity index is 4700. The van der Waals surface area contributed by atoms with E-state index in [2.05, 4.69) is 246 Å². The molecule has 0 aliphatic rings. The minimum Gasteiger partial charge on any atom is -0.456 e. The summed E-state index contributed by atoms with van der Waals surface area (Å²) < 4.78 is 11.2. The van der Waals surface area contributed by atoms with E-state index < -0.39 is 0 Å². The summed E-state index contributed by atoms with van der Waals surface area (Å²) in [4.78, 5) is 16.1. The first-order valence-corrected chi connectivity index (χ1v) is 25.3. The van der Waals surface area contributed by atoms with Crippen molar-refractivity contribution >= 4 is 65.6 Å². The number of hydrogen-bond donors (Lipinski definition) is 0. The van der Waals surface area contributed by atoms with Gasteiger partial charge in [0.2, 0.25) is 0 Å². The van der Waals surface area contributed by atoms with E-state index >= 15 is 0 Å². The Morgan fingerprint density at radius 1 is 0.267 bits per heavy atom. The normalized spacial score (nSPS) is 11.7. The Labute approximate surface area is 431 Å². The van der Waals surface area contributed by atoms with Gasteiger partial charge < -0.3 is 13.6 Å². The van der Waals surface area contributed by atoms with Crippen LogP contribution in [0.4, 0.5) is 0 Å². The molecule has 75 heavy (non-hydrogen) atoms. The number of aromatic nitrogens is 5. The third kappa shape index (κ3) is 6.99. The summed E-state index contributed by atoms with van der Waals surface area (Å²) in [6, 6.07) is 92.4. The van der Waals surface area contributed by atoms with Crippen LogP contribution in [0.5, 0.6) is 0 Å². The monoisotopic (exact) mass is 957 g/mol. The molecule has 0 unspecified atom stereocenters. The second-order valence-corrected chi connectivity index (χ2v) is 19.1. The molecule has 0 radical (unpaired) electrons. The summed E-state index contributed by atoms with van der Waals surface area (Å²) in [5.74, 6) is 1.69. The van der Waals surface area contributed by atoms with Gasteiger partial charge in [0.15, 0.2) is 17.5 Å². The van der Waals surface area contributed by atoms with Crippen molar-refractivity contribution < 1.29 is 4.42 Å². The van der Waals surface area contributed by atoms with Crippen molar-refractivity contribution in [1.29, 1.82) is 0 Å². The van der Waals surface area contributed by atoms with Crippen molar-refractivity contribution in [1.82, 2.24) is 24.1 Å². The van der Waals surface area contributed by atoms with E-state index in [4.69, 9.17) is 19.4 Å². The summed E-state index contributed by atoms with van der Waals surface area (Å²) in [7, 11) is 0. The molecule has 0 aliphatic heterocycles. The van der Waals surface area contributed by atoms with Gasteiger partial charge in [-0.2, -0.15) is 0 Å². The van der Waals surface area contributed by atoms with Crippen LogP contribution in [0.2, 0.25) is 0 Å². The largest absolute Gasteiger partial charge is 0.456 e. The van der Waals surface area contributed by atoms with Crippen LogP contribution in [0.25, 0.3) is 144 Å². The average molecular weight is 958 g/mol. The standard InChI is InChI=1S/C69H43N5O/c1-4-19-44(20-5-1)46-23-16-24-48(41-46)67-70-68(49-38-39-52-51-27-12-15-36-63(51)75-64(52)43-49)72-69(71-67)57-29-11-14-33-59(57)74-61-35-18-31-54(66(61)56-40-37-47(42-62(56)74)45-21-6-2-7-22-45)53-30-17-34-60-65(53)55-28-10-13-32-58(55)73(60)50-25-8-3-9-26-50/h1-43H. The molecule has 6 heteroatoms. The molecule has 350 valence electrons. The lowest BCUT2D eigenvalue weighted by Crippen LogP contribution is -2.03. The van der Waals surface area contributed by atoms with Crippen LogP contribution in [0, 0.1) is 0 Å². The molecule has 0 saturated carbocycles. The molecule has 4 heterocycles. The van der Waals surface area contributed by atoms with Crippen molar-refractivity contribution in [2.24, 2.45) is 0 Å². The number of para-hydroxylation sites is 4. The highest BCUT2D eigenvalue weighted by atomic mass is 16.3. The Kier molecular flexibility index (Phi) is 9.78. The van der Waals surface area contributed by atoms with Gasteiger partial charge in [0.1, 0.15) is 11.2 Å². The maximum Gasteiger partial charge on any atom is 0.166 e. The summed E-state index contributed by atoms with van der Waals surface area (Å²) in [5.41, 5.74) is 17.6. The number of benzene rings is 11. The molecule has 15 aromatic rings. The molecular weight excluding hydrogens is 915 g/mol. The number of hydrogen-bond acceptors (Lipinski definition) is 4. The van der Waals surface area contributed by atoms with Gasteiger partial charge >= 0.3 is 0 Å². The van der Waals surface area contributed by atoms with Crippen LogP contribution in [0.15, 0.2) is 265 Å². The topological polar surface area (TPSA) is 61.7 Å². The van der Waals surface area contributed by atoms with Gasteiger partial charge in [-0.25, -0.2) is 15.0 Å². The van der Waals surface area contributed by atoms with Crippen molar-refractivity contribution in [3.8, 4) is 78.9 Å². The van der Waals surface area contributed by atoms with Crippen molar-refractivity contribution in [2.45, 2.75) is 0 Å². The fourth-order valence-corrected chi connectivity index (χ4v) is 11.4. The first-order valence-electron chi connectivity index (χ1n) is 25.3. The van der Waals surface area contributed by atoms with Crippen molar-refractivity contribution in [3.05, 3.63) is 261 Å². The van der Waals surface area contributed by atoms with E-state index in [0.29, 0.717) is 17.5 Å². The van der Waals surface area contributed by atoms with Crippen molar-refractivity contribution in [3.63, 3.8) is 0 Å². The van der Waals surface area contributed by atoms with Gasteiger partial charge in [-0.05, 0) is 106 Å². The van der Waals surface area contributed by atoms with Gasteiger partial charge in [0, 0.05) is 54.7 Å². The Morgan fingerprint density at radius 3 is 1.49 bits per heavy atom. The van der Waals surface area contributed by atoms with Crippen LogP contribution in [0.3, 0.4) is 0 Å². The SMILES string of the molecule is c1ccc(-c2cccc(-c3nc(-c4ccc5c(c4)oc4ccccc45)nc(-c4ccccc4-n4c5cc(-c6ccccc6)ccc5c5c(-c6cccc7c6c6ccccc6n7-c6ccccc6)cccc54)n3)c2)cc1. The lowest BCUT2D eigenvalue weighted by atomic mass is 9.95. The molecule has 0 N–H and O–H groups in total. The fourth-order valence-electron chi connectivity index (χ4n) is 11.4. The lowest BCUT2D eigenvalue weighted by molar-refractivity contribution is 0.669. The highest BCUT2D eigenvalue weighted by molar-refractivity contribution is 6.22. The Hall–Kier alpha value is -10.2. The maximum absolute atomic E-state index is 6.43. The molecule has 0 aliphatic carbocycles. The summed E-state index contributed by atoms with van der Waals surface area (Å²) in [6.45, 7) is 0. The maximum atomic E-state index is 6.43. The highest BCUT2D eigenvalue weighted by Crippen LogP contribution is 2.46. The zero-order chi connectivity index (χ0) is 49.4. The van der Waals surface area contributed by atoms with E-state index in [1.807, 2.05) is 24.3 Å². The molecule has 0 spiro atoms. The van der Waals surface area contributed by atoms with Crippen LogP contribution < -0.4 is 0 Å². The molecular formula is C69H43N5O. The molecule has 0 amide bonds. The van der Waals surface area contributed by atoms with E-state index in [1.54, 1.807) is 0 Å². The van der Waals surface area contributed by atoms with E-state index in [-0.39, 0.29) is 0 Å². The van der Waals surface area contributed by atoms with E-state index in [9.17, 15) is 0 Å². The smallest absolute Gasteiger partial charge is 0.166 e. The second kappa shape index (κ2) is 17.3. The highest BCUT2D eigenvalue weighted by Gasteiger charge is 2.24. The third-order valence-electron chi connectivity index (χ3n) is 14.8. The molecule has 0 atom stereocenters. The number of furan rings is 1. The minimum absolute atomic E-state index is 0.552. The molecule has 11 aromatic carbocycles. The lowest BCUT2D eigenvalue weighted by Gasteiger charge is -2.15. The van der Waals surface area contributed by atoms with Gasteiger partial charge in [-0.15, -0.1) is 0 Å². The van der Waals surface area contributed by atoms with Crippen LogP contribution in [-0.4, -0.2) is 24.1 Å². The fraction of sp³-hybridized carbons (Fsp3) is 0. The quantitative estimate of drug-likeness (QED) is 0.152. The molecule has 0 bridgehead atoms. The minimum atomic E-state index is 0.552. The van der Waals surface area contributed by atoms with Crippen LogP contribution in [-0.2, 0) is 0 Å². The van der Waals surface area contributed by atoms with Crippen molar-refractivity contribution in [2.75, 3.05) is 0 Å². The molecule has 15 rings (SSSR count). The van der Waals surface area contributed by atoms with Crippen LogP contribution in [0.1, 0.15) is 0 Å². The Morgan fingerprint density at radius 2 is 0.747 bits per heavy atom.